The molecule has 3 atom stereocenters. The second kappa shape index (κ2) is 5.51. The number of aliphatic hydroxyl groups excluding tert-OH is 1. The Bertz CT molecular complexity index is 145. The van der Waals surface area contributed by atoms with Crippen LogP contribution in [0.5, 0.6) is 0 Å². The van der Waals surface area contributed by atoms with Gasteiger partial charge in [-0.2, -0.15) is 0 Å². The van der Waals surface area contributed by atoms with Gasteiger partial charge in [-0.3, -0.25) is 0 Å². The van der Waals surface area contributed by atoms with Crippen molar-refractivity contribution in [3.63, 3.8) is 0 Å². The Hall–Kier alpha value is -0.200. The molecule has 0 saturated carbocycles. The normalized spacial score (nSPS) is 33.9. The van der Waals surface area contributed by atoms with Crippen molar-refractivity contribution < 1.29 is 14.6 Å². The third-order valence-electron chi connectivity index (χ3n) is 2.21. The van der Waals surface area contributed by atoms with Crippen molar-refractivity contribution in [1.82, 2.24) is 5.32 Å². The van der Waals surface area contributed by atoms with Crippen molar-refractivity contribution in [2.24, 2.45) is 5.73 Å². The van der Waals surface area contributed by atoms with E-state index in [1.54, 1.807) is 7.11 Å². The third kappa shape index (κ3) is 2.89. The Kier molecular flexibility index (Phi) is 4.61. The van der Waals surface area contributed by atoms with Crippen LogP contribution in [0.4, 0.5) is 0 Å². The van der Waals surface area contributed by atoms with E-state index in [2.05, 4.69) is 5.32 Å². The van der Waals surface area contributed by atoms with Crippen molar-refractivity contribution in [1.29, 1.82) is 0 Å². The summed E-state index contributed by atoms with van der Waals surface area (Å²) in [5.74, 6) is 0. The molecule has 4 N–H and O–H groups in total. The molecule has 1 rings (SSSR count). The maximum Gasteiger partial charge on any atom is 0.110 e. The summed E-state index contributed by atoms with van der Waals surface area (Å²) in [5, 5.41) is 12.7. The summed E-state index contributed by atoms with van der Waals surface area (Å²) in [5.41, 5.74) is 5.31. The van der Waals surface area contributed by atoms with Gasteiger partial charge in [0.05, 0.1) is 12.7 Å². The minimum Gasteiger partial charge on any atom is -0.388 e. The Labute approximate surface area is 78.2 Å². The van der Waals surface area contributed by atoms with Crippen molar-refractivity contribution in [3.8, 4) is 0 Å². The molecule has 1 saturated heterocycles. The topological polar surface area (TPSA) is 76.7 Å². The van der Waals surface area contributed by atoms with E-state index in [0.29, 0.717) is 19.7 Å². The predicted octanol–water partition coefficient (Wildman–Crippen LogP) is -1.69. The smallest absolute Gasteiger partial charge is 0.110 e. The summed E-state index contributed by atoms with van der Waals surface area (Å²) in [4.78, 5) is 0. The van der Waals surface area contributed by atoms with Crippen molar-refractivity contribution in [2.75, 3.05) is 33.4 Å². The molecule has 0 aromatic carbocycles. The first kappa shape index (κ1) is 10.9. The van der Waals surface area contributed by atoms with Crippen LogP contribution in [0.1, 0.15) is 0 Å². The number of nitrogens with one attached hydrogen (secondary N) is 1. The molecule has 1 fully saturated rings. The van der Waals surface area contributed by atoms with Gasteiger partial charge in [0.2, 0.25) is 0 Å². The molecule has 1 aliphatic rings. The molecule has 13 heavy (non-hydrogen) atoms. The van der Waals surface area contributed by atoms with Gasteiger partial charge >= 0.3 is 0 Å². The maximum atomic E-state index is 9.63. The van der Waals surface area contributed by atoms with Gasteiger partial charge in [-0.25, -0.2) is 0 Å². The van der Waals surface area contributed by atoms with E-state index < -0.39 is 6.10 Å². The SMILES string of the molecule is COC1COC(CNCCN)[C@H]1O. The van der Waals surface area contributed by atoms with E-state index in [4.69, 9.17) is 15.2 Å². The van der Waals surface area contributed by atoms with E-state index >= 15 is 0 Å². The van der Waals surface area contributed by atoms with Crippen LogP contribution in [-0.2, 0) is 9.47 Å². The van der Waals surface area contributed by atoms with Gasteiger partial charge in [0.25, 0.3) is 0 Å². The molecule has 1 heterocycles. The molecule has 0 aliphatic carbocycles. The Balaban J connectivity index is 2.20. The summed E-state index contributed by atoms with van der Waals surface area (Å²) in [6, 6.07) is 0. The van der Waals surface area contributed by atoms with Crippen LogP contribution in [0.3, 0.4) is 0 Å². The predicted molar refractivity (Wildman–Crippen MR) is 48.5 cm³/mol. The molecule has 78 valence electrons. The van der Waals surface area contributed by atoms with Crippen molar-refractivity contribution in [2.45, 2.75) is 18.3 Å². The minimum absolute atomic E-state index is 0.170. The van der Waals surface area contributed by atoms with E-state index in [1.165, 1.54) is 0 Å². The molecular formula is C8H18N2O3. The highest BCUT2D eigenvalue weighted by molar-refractivity contribution is 4.85. The highest BCUT2D eigenvalue weighted by atomic mass is 16.6. The lowest BCUT2D eigenvalue weighted by atomic mass is 10.1. The number of rotatable bonds is 5. The van der Waals surface area contributed by atoms with Crippen LogP contribution in [0.2, 0.25) is 0 Å². The van der Waals surface area contributed by atoms with Crippen LogP contribution >= 0.6 is 0 Å². The van der Waals surface area contributed by atoms with Crippen LogP contribution in [0.15, 0.2) is 0 Å². The fraction of sp³-hybridized carbons (Fsp3) is 1.00. The van der Waals surface area contributed by atoms with Gasteiger partial charge in [0.15, 0.2) is 0 Å². The van der Waals surface area contributed by atoms with Gasteiger partial charge < -0.3 is 25.6 Å². The maximum absolute atomic E-state index is 9.63. The molecule has 0 spiro atoms. The number of methoxy groups -OCH3 is 1. The molecule has 1 aliphatic heterocycles. The Morgan fingerprint density at radius 2 is 2.46 bits per heavy atom. The summed E-state index contributed by atoms with van der Waals surface area (Å²) < 4.78 is 10.4. The van der Waals surface area contributed by atoms with E-state index in [1.807, 2.05) is 0 Å². The van der Waals surface area contributed by atoms with Gasteiger partial charge in [-0.05, 0) is 0 Å². The summed E-state index contributed by atoms with van der Waals surface area (Å²) in [7, 11) is 1.58. The van der Waals surface area contributed by atoms with Crippen LogP contribution in [0.25, 0.3) is 0 Å². The summed E-state index contributed by atoms with van der Waals surface area (Å²) in [6.45, 7) is 2.42. The zero-order valence-electron chi connectivity index (χ0n) is 7.90. The Morgan fingerprint density at radius 3 is 3.00 bits per heavy atom. The molecule has 0 amide bonds. The summed E-state index contributed by atoms with van der Waals surface area (Å²) >= 11 is 0. The van der Waals surface area contributed by atoms with Gasteiger partial charge in [0, 0.05) is 26.7 Å². The number of ether oxygens (including phenoxy) is 2. The lowest BCUT2D eigenvalue weighted by molar-refractivity contribution is 0.00529. The van der Waals surface area contributed by atoms with Crippen molar-refractivity contribution in [3.05, 3.63) is 0 Å². The highest BCUT2D eigenvalue weighted by Crippen LogP contribution is 2.15. The van der Waals surface area contributed by atoms with Crippen LogP contribution in [0, 0.1) is 0 Å². The molecule has 5 heteroatoms. The molecule has 0 bridgehead atoms. The lowest BCUT2D eigenvalue weighted by Crippen LogP contribution is -2.39. The lowest BCUT2D eigenvalue weighted by Gasteiger charge is -2.16. The fourth-order valence-electron chi connectivity index (χ4n) is 1.39. The first-order valence-electron chi connectivity index (χ1n) is 4.53. The molecule has 2 unspecified atom stereocenters. The second-order valence-electron chi connectivity index (χ2n) is 3.13. The molecule has 5 nitrogen and oxygen atoms in total. The molecule has 0 radical (unpaired) electrons. The number of nitrogens with two attached hydrogens (primary N) is 1. The Morgan fingerprint density at radius 1 is 1.69 bits per heavy atom. The van der Waals surface area contributed by atoms with Gasteiger partial charge in [0.1, 0.15) is 12.2 Å². The molecule has 0 aromatic rings. The first-order valence-corrected chi connectivity index (χ1v) is 4.53. The van der Waals surface area contributed by atoms with Crippen LogP contribution in [-0.4, -0.2) is 56.8 Å². The van der Waals surface area contributed by atoms with Gasteiger partial charge in [-0.1, -0.05) is 0 Å². The van der Waals surface area contributed by atoms with Crippen molar-refractivity contribution >= 4 is 0 Å². The average Bonchev–Trinajstić information content (AvgIpc) is 2.48. The van der Waals surface area contributed by atoms with E-state index in [0.717, 1.165) is 6.54 Å². The van der Waals surface area contributed by atoms with Gasteiger partial charge in [-0.15, -0.1) is 0 Å². The summed E-state index contributed by atoms with van der Waals surface area (Å²) in [6.07, 6.45) is -0.892. The van der Waals surface area contributed by atoms with E-state index in [-0.39, 0.29) is 12.2 Å². The zero-order chi connectivity index (χ0) is 9.68. The largest absolute Gasteiger partial charge is 0.388 e. The standard InChI is InChI=1S/C8H18N2O3/c1-12-7-5-13-6(8(7)11)4-10-3-2-9/h6-8,10-11H,2-5,9H2,1H3/t6?,7?,8-/m1/s1. The first-order chi connectivity index (χ1) is 6.29. The number of hydrogen-bond acceptors (Lipinski definition) is 5. The molecule has 0 aromatic heterocycles. The monoisotopic (exact) mass is 190 g/mol. The third-order valence-corrected chi connectivity index (χ3v) is 2.21. The average molecular weight is 190 g/mol. The number of hydrogen-bond donors (Lipinski definition) is 3. The molecular weight excluding hydrogens is 172 g/mol. The quantitative estimate of drug-likeness (QED) is 0.451. The number of aliphatic hydroxyl groups is 1. The highest BCUT2D eigenvalue weighted by Gasteiger charge is 2.35. The fourth-order valence-corrected chi connectivity index (χ4v) is 1.39. The minimum atomic E-state index is -0.532. The van der Waals surface area contributed by atoms with Crippen LogP contribution < -0.4 is 11.1 Å². The zero-order valence-corrected chi connectivity index (χ0v) is 7.90. The second-order valence-corrected chi connectivity index (χ2v) is 3.13. The van der Waals surface area contributed by atoms with E-state index in [9.17, 15) is 5.11 Å².